The maximum absolute atomic E-state index is 12.4. The van der Waals surface area contributed by atoms with Gasteiger partial charge in [0.2, 0.25) is 0 Å². The zero-order valence-corrected chi connectivity index (χ0v) is 21.5. The van der Waals surface area contributed by atoms with Crippen LogP contribution in [0.25, 0.3) is 10.9 Å². The molecule has 1 aliphatic heterocycles. The fourth-order valence-corrected chi connectivity index (χ4v) is 5.60. The van der Waals surface area contributed by atoms with Crippen LogP contribution in [0, 0.1) is 0 Å². The molecule has 0 aliphatic carbocycles. The molecule has 4 heterocycles. The quantitative estimate of drug-likeness (QED) is 0.273. The van der Waals surface area contributed by atoms with E-state index in [9.17, 15) is 4.79 Å². The molecule has 6 nitrogen and oxygen atoms in total. The van der Waals surface area contributed by atoms with E-state index in [1.54, 1.807) is 11.3 Å². The van der Waals surface area contributed by atoms with Crippen LogP contribution in [-0.4, -0.2) is 34.1 Å². The Balaban J connectivity index is 1.23. The Morgan fingerprint density at radius 1 is 1.06 bits per heavy atom. The third kappa shape index (κ3) is 6.08. The first-order chi connectivity index (χ1) is 17.7. The Hall–Kier alpha value is -3.32. The predicted molar refractivity (Wildman–Crippen MR) is 145 cm³/mol. The van der Waals surface area contributed by atoms with Gasteiger partial charge in [-0.05, 0) is 69.2 Å². The van der Waals surface area contributed by atoms with Crippen LogP contribution >= 0.6 is 11.3 Å². The Morgan fingerprint density at radius 2 is 1.97 bits per heavy atom. The fourth-order valence-electron chi connectivity index (χ4n) is 4.75. The minimum absolute atomic E-state index is 0.0733. The summed E-state index contributed by atoms with van der Waals surface area (Å²) in [5.41, 5.74) is 5.32. The molecule has 0 fully saturated rings. The van der Waals surface area contributed by atoms with Crippen LogP contribution in [0.1, 0.15) is 59.8 Å². The summed E-state index contributed by atoms with van der Waals surface area (Å²) in [6, 6.07) is 16.5. The van der Waals surface area contributed by atoms with E-state index in [0.717, 1.165) is 71.0 Å². The lowest BCUT2D eigenvalue weighted by atomic mass is 9.95. The van der Waals surface area contributed by atoms with Gasteiger partial charge in [-0.15, -0.1) is 11.3 Å². The number of rotatable bonds is 10. The minimum atomic E-state index is -0.194. The van der Waals surface area contributed by atoms with Crippen molar-refractivity contribution in [2.75, 3.05) is 18.5 Å². The van der Waals surface area contributed by atoms with Crippen molar-refractivity contribution in [2.45, 2.75) is 57.8 Å². The average Bonchev–Trinajstić information content (AvgIpc) is 3.35. The monoisotopic (exact) mass is 500 g/mol. The van der Waals surface area contributed by atoms with Crippen LogP contribution in [0.5, 0.6) is 0 Å². The van der Waals surface area contributed by atoms with E-state index >= 15 is 0 Å². The fraction of sp³-hybridized carbons (Fsp3) is 0.379. The van der Waals surface area contributed by atoms with Crippen molar-refractivity contribution in [2.24, 2.45) is 0 Å². The van der Waals surface area contributed by atoms with Gasteiger partial charge in [0.1, 0.15) is 5.82 Å². The number of anilines is 1. The molecule has 0 amide bonds. The highest BCUT2D eigenvalue weighted by molar-refractivity contribution is 7.09. The first-order valence-electron chi connectivity index (χ1n) is 12.8. The smallest absolute Gasteiger partial charge is 0.306 e. The third-order valence-electron chi connectivity index (χ3n) is 6.59. The number of aryl methyl sites for hydroxylation is 3. The lowest BCUT2D eigenvalue weighted by Crippen LogP contribution is -2.14. The van der Waals surface area contributed by atoms with Crippen LogP contribution in [0.15, 0.2) is 53.9 Å². The summed E-state index contributed by atoms with van der Waals surface area (Å²) >= 11 is 1.70. The number of carbonyl (C=O) groups excluding carboxylic acids is 1. The molecule has 3 aromatic heterocycles. The molecular formula is C29H32N4O2S. The number of para-hydroxylation sites is 1. The molecule has 1 N–H and O–H groups in total. The van der Waals surface area contributed by atoms with Gasteiger partial charge in [-0.25, -0.2) is 9.97 Å². The molecule has 0 saturated carbocycles. The number of esters is 1. The van der Waals surface area contributed by atoms with Crippen LogP contribution in [0.3, 0.4) is 0 Å². The van der Waals surface area contributed by atoms with Gasteiger partial charge in [0.25, 0.3) is 0 Å². The minimum Gasteiger partial charge on any atom is -0.466 e. The number of pyridine rings is 2. The highest BCUT2D eigenvalue weighted by atomic mass is 32.1. The summed E-state index contributed by atoms with van der Waals surface area (Å²) in [5.74, 6) is 0.793. The number of aromatic nitrogens is 3. The highest BCUT2D eigenvalue weighted by Gasteiger charge is 2.21. The molecule has 36 heavy (non-hydrogen) atoms. The average molecular weight is 501 g/mol. The number of carbonyl (C=O) groups is 1. The van der Waals surface area contributed by atoms with Gasteiger partial charge in [-0.2, -0.15) is 0 Å². The number of nitrogens with zero attached hydrogens (tertiary/aromatic N) is 3. The second-order valence-electron chi connectivity index (χ2n) is 9.27. The lowest BCUT2D eigenvalue weighted by molar-refractivity contribution is -0.143. The van der Waals surface area contributed by atoms with Crippen molar-refractivity contribution >= 4 is 34.0 Å². The Labute approximate surface area is 216 Å². The summed E-state index contributed by atoms with van der Waals surface area (Å²) in [4.78, 5) is 26.9. The van der Waals surface area contributed by atoms with E-state index in [1.165, 1.54) is 12.0 Å². The van der Waals surface area contributed by atoms with Crippen LogP contribution in [0.2, 0.25) is 0 Å². The summed E-state index contributed by atoms with van der Waals surface area (Å²) in [6.07, 6.45) is 6.13. The summed E-state index contributed by atoms with van der Waals surface area (Å²) in [5, 5.41) is 7.76. The maximum atomic E-state index is 12.4. The number of hydrogen-bond donors (Lipinski definition) is 1. The lowest BCUT2D eigenvalue weighted by Gasteiger charge is -2.17. The molecule has 7 heteroatoms. The largest absolute Gasteiger partial charge is 0.466 e. The SMILES string of the molecule is CCOC(=O)CC(Cc1csc(CCCc2ccc3c(n2)NCCC3)n1)c1ccc2ccccc2n1. The summed E-state index contributed by atoms with van der Waals surface area (Å²) in [6.45, 7) is 3.23. The Bertz CT molecular complexity index is 1340. The van der Waals surface area contributed by atoms with Crippen LogP contribution < -0.4 is 5.32 Å². The predicted octanol–water partition coefficient (Wildman–Crippen LogP) is 5.90. The molecule has 1 atom stereocenters. The molecule has 0 saturated heterocycles. The number of nitrogens with one attached hydrogen (secondary N) is 1. The summed E-state index contributed by atoms with van der Waals surface area (Å²) < 4.78 is 5.26. The van der Waals surface area contributed by atoms with Gasteiger partial charge in [-0.3, -0.25) is 9.78 Å². The molecule has 0 spiro atoms. The molecule has 1 aromatic carbocycles. The van der Waals surface area contributed by atoms with E-state index in [1.807, 2.05) is 31.2 Å². The number of ether oxygens (including phenoxy) is 1. The second kappa shape index (κ2) is 11.6. The van der Waals surface area contributed by atoms with Gasteiger partial charge in [0.15, 0.2) is 0 Å². The van der Waals surface area contributed by atoms with Gasteiger partial charge >= 0.3 is 5.97 Å². The first kappa shape index (κ1) is 24.4. The Morgan fingerprint density at radius 3 is 2.89 bits per heavy atom. The van der Waals surface area contributed by atoms with Crippen LogP contribution in [0.4, 0.5) is 5.82 Å². The zero-order valence-electron chi connectivity index (χ0n) is 20.7. The number of benzene rings is 1. The van der Waals surface area contributed by atoms with Crippen molar-refractivity contribution < 1.29 is 9.53 Å². The Kier molecular flexibility index (Phi) is 7.86. The van der Waals surface area contributed by atoms with Crippen molar-refractivity contribution in [1.82, 2.24) is 15.0 Å². The van der Waals surface area contributed by atoms with Crippen molar-refractivity contribution in [3.8, 4) is 0 Å². The van der Waals surface area contributed by atoms with Gasteiger partial charge in [0.05, 0.1) is 29.2 Å². The van der Waals surface area contributed by atoms with E-state index in [-0.39, 0.29) is 11.9 Å². The molecule has 0 radical (unpaired) electrons. The summed E-state index contributed by atoms with van der Waals surface area (Å²) in [7, 11) is 0. The molecule has 4 aromatic rings. The van der Waals surface area contributed by atoms with Crippen molar-refractivity contribution in [3.05, 3.63) is 81.6 Å². The van der Waals surface area contributed by atoms with Gasteiger partial charge in [0, 0.05) is 34.6 Å². The molecule has 5 rings (SSSR count). The highest BCUT2D eigenvalue weighted by Crippen LogP contribution is 2.27. The number of thiazole rings is 1. The molecule has 1 unspecified atom stereocenters. The first-order valence-corrected chi connectivity index (χ1v) is 13.7. The standard InChI is InChI=1S/C29H32N4O2S/c1-2-35-28(34)18-22(26-15-13-20-7-3-4-10-25(20)33-26)17-24-19-36-27(31-24)11-5-9-23-14-12-21-8-6-16-30-29(21)32-23/h3-4,7,10,12-15,19,22H,2,5-6,8-9,11,16-18H2,1H3,(H,30,32). The second-order valence-corrected chi connectivity index (χ2v) is 10.2. The van der Waals surface area contributed by atoms with Crippen molar-refractivity contribution in [1.29, 1.82) is 0 Å². The zero-order chi connectivity index (χ0) is 24.7. The number of hydrogen-bond acceptors (Lipinski definition) is 7. The normalized spacial score (nSPS) is 13.7. The van der Waals surface area contributed by atoms with Gasteiger partial charge < -0.3 is 10.1 Å². The van der Waals surface area contributed by atoms with E-state index < -0.39 is 0 Å². The maximum Gasteiger partial charge on any atom is 0.306 e. The van der Waals surface area contributed by atoms with E-state index in [0.29, 0.717) is 19.4 Å². The van der Waals surface area contributed by atoms with Gasteiger partial charge in [-0.1, -0.05) is 30.3 Å². The topological polar surface area (TPSA) is 77.0 Å². The number of fused-ring (bicyclic) bond motifs is 2. The van der Waals surface area contributed by atoms with Crippen LogP contribution in [-0.2, 0) is 35.2 Å². The van der Waals surface area contributed by atoms with E-state index in [4.69, 9.17) is 19.7 Å². The van der Waals surface area contributed by atoms with E-state index in [2.05, 4.69) is 35.0 Å². The molecule has 0 bridgehead atoms. The molecule has 1 aliphatic rings. The third-order valence-corrected chi connectivity index (χ3v) is 7.54. The molecule has 186 valence electrons. The molecular weight excluding hydrogens is 468 g/mol. The van der Waals surface area contributed by atoms with Crippen molar-refractivity contribution in [3.63, 3.8) is 0 Å².